The second kappa shape index (κ2) is 6.38. The number of methoxy groups -OCH3 is 1. The number of ether oxygens (including phenoxy) is 1. The number of carbonyl (C=O) groups is 2. The second-order valence-electron chi connectivity index (χ2n) is 6.17. The molecule has 5 heteroatoms. The Morgan fingerprint density at radius 2 is 2.05 bits per heavy atom. The number of nitrogens with zero attached hydrogens (tertiary/aromatic N) is 1. The van der Waals surface area contributed by atoms with E-state index in [1.54, 1.807) is 12.0 Å². The lowest BCUT2D eigenvalue weighted by molar-refractivity contribution is -0.151. The van der Waals surface area contributed by atoms with Crippen LogP contribution < -0.4 is 4.74 Å². The molecule has 120 valence electrons. The summed E-state index contributed by atoms with van der Waals surface area (Å²) in [5.74, 6) is -0.180. The summed E-state index contributed by atoms with van der Waals surface area (Å²) < 4.78 is 5.26. The predicted octanol–water partition coefficient (Wildman–Crippen LogP) is 2.20. The van der Waals surface area contributed by atoms with Gasteiger partial charge in [-0.25, -0.2) is 0 Å². The largest absolute Gasteiger partial charge is 0.496 e. The number of amides is 1. The van der Waals surface area contributed by atoms with Crippen LogP contribution in [0.5, 0.6) is 5.75 Å². The number of para-hydroxylation sites is 1. The van der Waals surface area contributed by atoms with Gasteiger partial charge in [-0.1, -0.05) is 32.0 Å². The number of hydrogen-bond acceptors (Lipinski definition) is 3. The Morgan fingerprint density at radius 3 is 2.59 bits per heavy atom. The summed E-state index contributed by atoms with van der Waals surface area (Å²) >= 11 is 0. The first-order chi connectivity index (χ1) is 10.4. The van der Waals surface area contributed by atoms with Crippen LogP contribution in [0.2, 0.25) is 0 Å². The van der Waals surface area contributed by atoms with Gasteiger partial charge in [-0.3, -0.25) is 9.59 Å². The Labute approximate surface area is 130 Å². The minimum absolute atomic E-state index is 0.00550. The van der Waals surface area contributed by atoms with Gasteiger partial charge >= 0.3 is 5.97 Å². The molecule has 1 saturated heterocycles. The van der Waals surface area contributed by atoms with Crippen LogP contribution >= 0.6 is 0 Å². The summed E-state index contributed by atoms with van der Waals surface area (Å²) in [6, 6.07) is 7.41. The van der Waals surface area contributed by atoms with Crippen LogP contribution in [0.1, 0.15) is 25.8 Å². The average molecular weight is 305 g/mol. The monoisotopic (exact) mass is 305 g/mol. The van der Waals surface area contributed by atoms with Crippen LogP contribution in [0.4, 0.5) is 0 Å². The van der Waals surface area contributed by atoms with E-state index in [1.807, 2.05) is 38.1 Å². The standard InChI is InChI=1S/C17H23NO4/c1-12(2)17(16(20)21)8-9-18(11-17)15(19)10-13-6-4-5-7-14(13)22-3/h4-7,12H,8-11H2,1-3H3,(H,20,21). The van der Waals surface area contributed by atoms with E-state index in [0.717, 1.165) is 5.56 Å². The van der Waals surface area contributed by atoms with Gasteiger partial charge in [0, 0.05) is 18.7 Å². The molecule has 1 fully saturated rings. The molecule has 1 aromatic rings. The molecule has 1 heterocycles. The number of aliphatic carboxylic acids is 1. The minimum atomic E-state index is -0.823. The first-order valence-corrected chi connectivity index (χ1v) is 7.54. The lowest BCUT2D eigenvalue weighted by Gasteiger charge is -2.28. The third kappa shape index (κ3) is 2.93. The molecule has 1 amide bonds. The average Bonchev–Trinajstić information content (AvgIpc) is 2.94. The van der Waals surface area contributed by atoms with E-state index in [2.05, 4.69) is 0 Å². The topological polar surface area (TPSA) is 66.8 Å². The second-order valence-corrected chi connectivity index (χ2v) is 6.17. The van der Waals surface area contributed by atoms with Gasteiger partial charge < -0.3 is 14.7 Å². The molecule has 0 aliphatic carbocycles. The van der Waals surface area contributed by atoms with Crippen molar-refractivity contribution in [1.29, 1.82) is 0 Å². The molecule has 1 aliphatic rings. The summed E-state index contributed by atoms with van der Waals surface area (Å²) in [4.78, 5) is 25.8. The summed E-state index contributed by atoms with van der Waals surface area (Å²) in [7, 11) is 1.58. The van der Waals surface area contributed by atoms with Crippen molar-refractivity contribution in [2.45, 2.75) is 26.7 Å². The smallest absolute Gasteiger partial charge is 0.311 e. The first-order valence-electron chi connectivity index (χ1n) is 7.54. The van der Waals surface area contributed by atoms with E-state index >= 15 is 0 Å². The van der Waals surface area contributed by atoms with Crippen molar-refractivity contribution in [2.24, 2.45) is 11.3 Å². The Balaban J connectivity index is 2.10. The zero-order chi connectivity index (χ0) is 16.3. The SMILES string of the molecule is COc1ccccc1CC(=O)N1CCC(C(=O)O)(C(C)C)C1. The van der Waals surface area contributed by atoms with E-state index in [1.165, 1.54) is 0 Å². The Kier molecular flexibility index (Phi) is 4.74. The summed E-state index contributed by atoms with van der Waals surface area (Å²) in [5, 5.41) is 9.55. The fourth-order valence-corrected chi connectivity index (χ4v) is 3.06. The normalized spacial score (nSPS) is 21.2. The third-order valence-corrected chi connectivity index (χ3v) is 4.72. The van der Waals surface area contributed by atoms with Gasteiger partial charge in [0.15, 0.2) is 0 Å². The number of likely N-dealkylation sites (tertiary alicyclic amines) is 1. The maximum Gasteiger partial charge on any atom is 0.311 e. The van der Waals surface area contributed by atoms with Crippen molar-refractivity contribution in [3.05, 3.63) is 29.8 Å². The van der Waals surface area contributed by atoms with Gasteiger partial charge in [-0.15, -0.1) is 0 Å². The predicted molar refractivity (Wildman–Crippen MR) is 82.8 cm³/mol. The van der Waals surface area contributed by atoms with Gasteiger partial charge in [0.25, 0.3) is 0 Å². The highest BCUT2D eigenvalue weighted by Crippen LogP contribution is 2.38. The maximum atomic E-state index is 12.5. The Bertz CT molecular complexity index is 570. The molecular formula is C17H23NO4. The van der Waals surface area contributed by atoms with E-state index < -0.39 is 11.4 Å². The lowest BCUT2D eigenvalue weighted by Crippen LogP contribution is -2.41. The quantitative estimate of drug-likeness (QED) is 0.905. The minimum Gasteiger partial charge on any atom is -0.496 e. The molecule has 5 nitrogen and oxygen atoms in total. The molecule has 0 spiro atoms. The molecule has 1 aromatic carbocycles. The van der Waals surface area contributed by atoms with Crippen molar-refractivity contribution in [2.75, 3.05) is 20.2 Å². The van der Waals surface area contributed by atoms with Gasteiger partial charge in [0.2, 0.25) is 5.91 Å². The third-order valence-electron chi connectivity index (χ3n) is 4.72. The van der Waals surface area contributed by atoms with Crippen molar-refractivity contribution in [3.8, 4) is 5.75 Å². The lowest BCUT2D eigenvalue weighted by atomic mass is 9.76. The molecule has 22 heavy (non-hydrogen) atoms. The molecular weight excluding hydrogens is 282 g/mol. The van der Waals surface area contributed by atoms with Crippen LogP contribution in [-0.4, -0.2) is 42.1 Å². The highest BCUT2D eigenvalue weighted by Gasteiger charge is 2.48. The van der Waals surface area contributed by atoms with Crippen LogP contribution in [0.15, 0.2) is 24.3 Å². The van der Waals surface area contributed by atoms with Crippen molar-refractivity contribution in [3.63, 3.8) is 0 Å². The Hall–Kier alpha value is -2.04. The zero-order valence-corrected chi connectivity index (χ0v) is 13.3. The van der Waals surface area contributed by atoms with Crippen molar-refractivity contribution < 1.29 is 19.4 Å². The van der Waals surface area contributed by atoms with Crippen LogP contribution in [-0.2, 0) is 16.0 Å². The number of hydrogen-bond donors (Lipinski definition) is 1. The summed E-state index contributed by atoms with van der Waals surface area (Å²) in [6.45, 7) is 4.59. The summed E-state index contributed by atoms with van der Waals surface area (Å²) in [6.07, 6.45) is 0.746. The van der Waals surface area contributed by atoms with Crippen molar-refractivity contribution in [1.82, 2.24) is 4.90 Å². The highest BCUT2D eigenvalue weighted by atomic mass is 16.5. The Morgan fingerprint density at radius 1 is 1.36 bits per heavy atom. The van der Waals surface area contributed by atoms with Gasteiger partial charge in [-0.2, -0.15) is 0 Å². The number of benzene rings is 1. The highest BCUT2D eigenvalue weighted by molar-refractivity contribution is 5.82. The number of carboxylic acids is 1. The number of carboxylic acid groups (broad SMARTS) is 1. The summed E-state index contributed by atoms with van der Waals surface area (Å²) in [5.41, 5.74) is 0.00329. The van der Waals surface area contributed by atoms with Gasteiger partial charge in [0.05, 0.1) is 18.9 Å². The van der Waals surface area contributed by atoms with Crippen molar-refractivity contribution >= 4 is 11.9 Å². The molecule has 0 saturated carbocycles. The first kappa shape index (κ1) is 16.3. The molecule has 1 N–H and O–H groups in total. The molecule has 0 aromatic heterocycles. The van der Waals surface area contributed by atoms with E-state index in [9.17, 15) is 14.7 Å². The fourth-order valence-electron chi connectivity index (χ4n) is 3.06. The fraction of sp³-hybridized carbons (Fsp3) is 0.529. The van der Waals surface area contributed by atoms with Crippen LogP contribution in [0.3, 0.4) is 0 Å². The number of carbonyl (C=O) groups excluding carboxylic acids is 1. The van der Waals surface area contributed by atoms with E-state index in [0.29, 0.717) is 18.7 Å². The molecule has 2 rings (SSSR count). The van der Waals surface area contributed by atoms with E-state index in [4.69, 9.17) is 4.74 Å². The molecule has 0 radical (unpaired) electrons. The van der Waals surface area contributed by atoms with E-state index in [-0.39, 0.29) is 24.8 Å². The van der Waals surface area contributed by atoms with Gasteiger partial charge in [0.1, 0.15) is 5.75 Å². The molecule has 1 aliphatic heterocycles. The van der Waals surface area contributed by atoms with Crippen LogP contribution in [0.25, 0.3) is 0 Å². The molecule has 1 atom stereocenters. The zero-order valence-electron chi connectivity index (χ0n) is 13.3. The maximum absolute atomic E-state index is 12.5. The van der Waals surface area contributed by atoms with Gasteiger partial charge in [-0.05, 0) is 18.4 Å². The van der Waals surface area contributed by atoms with Crippen LogP contribution in [0, 0.1) is 11.3 Å². The molecule has 1 unspecified atom stereocenters. The number of rotatable bonds is 5. The molecule has 0 bridgehead atoms.